The highest BCUT2D eigenvalue weighted by Gasteiger charge is 2.19. The molecule has 0 bridgehead atoms. The quantitative estimate of drug-likeness (QED) is 0.667. The van der Waals surface area contributed by atoms with E-state index in [1.165, 1.54) is 0 Å². The van der Waals surface area contributed by atoms with E-state index in [1.807, 2.05) is 24.3 Å². The van der Waals surface area contributed by atoms with E-state index in [2.05, 4.69) is 26.9 Å². The summed E-state index contributed by atoms with van der Waals surface area (Å²) in [6.45, 7) is 8.53. The first kappa shape index (κ1) is 19.1. The molecule has 0 radical (unpaired) electrons. The van der Waals surface area contributed by atoms with Crippen LogP contribution in [0.5, 0.6) is 5.75 Å². The summed E-state index contributed by atoms with van der Waals surface area (Å²) in [6, 6.07) is 7.59. The Morgan fingerprint density at radius 1 is 1.15 bits per heavy atom. The van der Waals surface area contributed by atoms with E-state index in [0.717, 1.165) is 76.0 Å². The molecule has 6 nitrogen and oxygen atoms in total. The molecule has 7 heteroatoms. The van der Waals surface area contributed by atoms with E-state index < -0.39 is 0 Å². The standard InChI is InChI=1S/C19H27ClN4O2/c1-2-3-8-19-21-18(22-26-19)15-24-11-9-23(10-12-24)13-14-25-17-7-5-4-6-16(17)20/h4-7H,2-3,8-15H2,1H3. The fourth-order valence-electron chi connectivity index (χ4n) is 3.00. The molecule has 142 valence electrons. The van der Waals surface area contributed by atoms with Crippen LogP contribution in [-0.4, -0.2) is 59.3 Å². The fourth-order valence-corrected chi connectivity index (χ4v) is 3.19. The number of rotatable bonds is 9. The minimum Gasteiger partial charge on any atom is -0.491 e. The van der Waals surface area contributed by atoms with Crippen LogP contribution < -0.4 is 4.74 Å². The second-order valence-corrected chi connectivity index (χ2v) is 7.01. The number of unbranched alkanes of at least 4 members (excludes halogenated alkanes) is 1. The summed E-state index contributed by atoms with van der Waals surface area (Å²) in [5.41, 5.74) is 0. The molecule has 1 aromatic heterocycles. The maximum Gasteiger partial charge on any atom is 0.226 e. The van der Waals surface area contributed by atoms with E-state index in [1.54, 1.807) is 0 Å². The van der Waals surface area contributed by atoms with Gasteiger partial charge in [-0.15, -0.1) is 0 Å². The number of benzene rings is 1. The first-order valence-corrected chi connectivity index (χ1v) is 9.76. The van der Waals surface area contributed by atoms with Crippen molar-refractivity contribution in [2.75, 3.05) is 39.3 Å². The van der Waals surface area contributed by atoms with Gasteiger partial charge in [0, 0.05) is 39.1 Å². The van der Waals surface area contributed by atoms with E-state index in [0.29, 0.717) is 11.6 Å². The number of nitrogens with zero attached hydrogens (tertiary/aromatic N) is 4. The molecule has 0 atom stereocenters. The maximum absolute atomic E-state index is 6.11. The average Bonchev–Trinajstić information content (AvgIpc) is 3.10. The Balaban J connectivity index is 1.35. The minimum absolute atomic E-state index is 0.648. The molecular weight excluding hydrogens is 352 g/mol. The number of halogens is 1. The Kier molecular flexibility index (Phi) is 7.29. The van der Waals surface area contributed by atoms with Gasteiger partial charge in [-0.25, -0.2) is 0 Å². The second-order valence-electron chi connectivity index (χ2n) is 6.60. The Morgan fingerprint density at radius 2 is 1.92 bits per heavy atom. The SMILES string of the molecule is CCCCc1nc(CN2CCN(CCOc3ccccc3Cl)CC2)no1. The lowest BCUT2D eigenvalue weighted by Gasteiger charge is -2.33. The van der Waals surface area contributed by atoms with Gasteiger partial charge in [0.05, 0.1) is 11.6 Å². The van der Waals surface area contributed by atoms with Crippen LogP contribution in [0.3, 0.4) is 0 Å². The number of hydrogen-bond donors (Lipinski definition) is 0. The van der Waals surface area contributed by atoms with Gasteiger partial charge in [-0.05, 0) is 18.6 Å². The second kappa shape index (κ2) is 9.90. The number of ether oxygens (including phenoxy) is 1. The van der Waals surface area contributed by atoms with Gasteiger partial charge >= 0.3 is 0 Å². The summed E-state index contributed by atoms with van der Waals surface area (Å²) in [7, 11) is 0. The van der Waals surface area contributed by atoms with E-state index in [-0.39, 0.29) is 0 Å². The molecule has 1 saturated heterocycles. The largest absolute Gasteiger partial charge is 0.491 e. The van der Waals surface area contributed by atoms with Gasteiger partial charge in [0.25, 0.3) is 0 Å². The monoisotopic (exact) mass is 378 g/mol. The fraction of sp³-hybridized carbons (Fsp3) is 0.579. The van der Waals surface area contributed by atoms with Crippen molar-refractivity contribution in [3.8, 4) is 5.75 Å². The topological polar surface area (TPSA) is 54.6 Å². The smallest absolute Gasteiger partial charge is 0.226 e. The van der Waals surface area contributed by atoms with Crippen molar-refractivity contribution in [2.45, 2.75) is 32.7 Å². The zero-order chi connectivity index (χ0) is 18.2. The summed E-state index contributed by atoms with van der Waals surface area (Å²) in [5, 5.41) is 4.76. The van der Waals surface area contributed by atoms with E-state index in [4.69, 9.17) is 20.9 Å². The van der Waals surface area contributed by atoms with Gasteiger partial charge in [0.2, 0.25) is 5.89 Å². The van der Waals surface area contributed by atoms with Crippen molar-refractivity contribution < 1.29 is 9.26 Å². The summed E-state index contributed by atoms with van der Waals surface area (Å²) in [4.78, 5) is 9.27. The predicted molar refractivity (Wildman–Crippen MR) is 102 cm³/mol. The highest BCUT2D eigenvalue weighted by atomic mass is 35.5. The average molecular weight is 379 g/mol. The Bertz CT molecular complexity index is 671. The minimum atomic E-state index is 0.648. The van der Waals surface area contributed by atoms with Crippen LogP contribution in [0, 0.1) is 0 Å². The predicted octanol–water partition coefficient (Wildman–Crippen LogP) is 3.26. The molecule has 0 saturated carbocycles. The van der Waals surface area contributed by atoms with Crippen LogP contribution in [0.2, 0.25) is 5.02 Å². The summed E-state index contributed by atoms with van der Waals surface area (Å²) < 4.78 is 11.1. The molecule has 2 aromatic rings. The lowest BCUT2D eigenvalue weighted by molar-refractivity contribution is 0.110. The van der Waals surface area contributed by atoms with Crippen LogP contribution in [0.1, 0.15) is 31.5 Å². The Hall–Kier alpha value is -1.63. The first-order chi connectivity index (χ1) is 12.7. The van der Waals surface area contributed by atoms with Crippen LogP contribution in [-0.2, 0) is 13.0 Å². The van der Waals surface area contributed by atoms with Gasteiger partial charge < -0.3 is 9.26 Å². The number of para-hydroxylation sites is 1. The van der Waals surface area contributed by atoms with Crippen molar-refractivity contribution in [3.63, 3.8) is 0 Å². The van der Waals surface area contributed by atoms with Gasteiger partial charge in [-0.1, -0.05) is 42.2 Å². The molecule has 0 N–H and O–H groups in total. The number of aromatic nitrogens is 2. The van der Waals surface area contributed by atoms with Gasteiger partial charge in [0.15, 0.2) is 5.82 Å². The molecule has 1 aromatic carbocycles. The molecule has 1 fully saturated rings. The molecule has 26 heavy (non-hydrogen) atoms. The first-order valence-electron chi connectivity index (χ1n) is 9.38. The third kappa shape index (κ3) is 5.69. The van der Waals surface area contributed by atoms with Crippen molar-refractivity contribution in [1.82, 2.24) is 19.9 Å². The van der Waals surface area contributed by atoms with Crippen molar-refractivity contribution in [1.29, 1.82) is 0 Å². The van der Waals surface area contributed by atoms with Crippen LogP contribution in [0.4, 0.5) is 0 Å². The van der Waals surface area contributed by atoms with Crippen molar-refractivity contribution in [2.24, 2.45) is 0 Å². The van der Waals surface area contributed by atoms with Crippen LogP contribution >= 0.6 is 11.6 Å². The third-order valence-electron chi connectivity index (χ3n) is 4.59. The maximum atomic E-state index is 6.11. The zero-order valence-corrected chi connectivity index (χ0v) is 16.1. The number of aryl methyl sites for hydroxylation is 1. The van der Waals surface area contributed by atoms with Crippen molar-refractivity contribution in [3.05, 3.63) is 41.0 Å². The number of piperazine rings is 1. The third-order valence-corrected chi connectivity index (χ3v) is 4.90. The molecule has 0 amide bonds. The highest BCUT2D eigenvalue weighted by molar-refractivity contribution is 6.32. The highest BCUT2D eigenvalue weighted by Crippen LogP contribution is 2.22. The van der Waals surface area contributed by atoms with Crippen LogP contribution in [0.15, 0.2) is 28.8 Å². The lowest BCUT2D eigenvalue weighted by atomic mass is 10.2. The molecule has 0 aliphatic carbocycles. The van der Waals surface area contributed by atoms with Gasteiger partial charge in [-0.3, -0.25) is 9.80 Å². The Morgan fingerprint density at radius 3 is 2.69 bits per heavy atom. The van der Waals surface area contributed by atoms with Gasteiger partial charge in [0.1, 0.15) is 12.4 Å². The summed E-state index contributed by atoms with van der Waals surface area (Å²) >= 11 is 6.11. The normalized spacial score (nSPS) is 16.1. The molecule has 1 aliphatic heterocycles. The molecule has 1 aliphatic rings. The molecule has 0 unspecified atom stereocenters. The molecule has 3 rings (SSSR count). The summed E-state index contributed by atoms with van der Waals surface area (Å²) in [6.07, 6.45) is 3.11. The molecular formula is C19H27ClN4O2. The molecule has 2 heterocycles. The zero-order valence-electron chi connectivity index (χ0n) is 15.4. The van der Waals surface area contributed by atoms with Gasteiger partial charge in [-0.2, -0.15) is 4.98 Å². The van der Waals surface area contributed by atoms with Crippen LogP contribution in [0.25, 0.3) is 0 Å². The Labute approximate surface area is 160 Å². The molecule has 0 spiro atoms. The summed E-state index contributed by atoms with van der Waals surface area (Å²) in [5.74, 6) is 2.31. The van der Waals surface area contributed by atoms with Crippen molar-refractivity contribution >= 4 is 11.6 Å². The lowest BCUT2D eigenvalue weighted by Crippen LogP contribution is -2.47. The van der Waals surface area contributed by atoms with E-state index >= 15 is 0 Å². The number of hydrogen-bond acceptors (Lipinski definition) is 6. The van der Waals surface area contributed by atoms with E-state index in [9.17, 15) is 0 Å².